The minimum absolute atomic E-state index is 0.0232. The zero-order valence-corrected chi connectivity index (χ0v) is 12.4. The summed E-state index contributed by atoms with van der Waals surface area (Å²) in [6, 6.07) is 0. The Hall–Kier alpha value is -1.50. The normalized spacial score (nSPS) is 11.4. The Morgan fingerprint density at radius 3 is 2.21 bits per heavy atom. The van der Waals surface area contributed by atoms with E-state index in [1.54, 1.807) is 0 Å². The van der Waals surface area contributed by atoms with Crippen molar-refractivity contribution in [3.8, 4) is 0 Å². The molecule has 0 saturated heterocycles. The van der Waals surface area contributed by atoms with Gasteiger partial charge in [0.25, 0.3) is 0 Å². The molecule has 0 aliphatic rings. The van der Waals surface area contributed by atoms with Crippen molar-refractivity contribution in [2.75, 3.05) is 26.2 Å². The van der Waals surface area contributed by atoms with Gasteiger partial charge >= 0.3 is 0 Å². The van der Waals surface area contributed by atoms with E-state index in [2.05, 4.69) is 36.0 Å². The summed E-state index contributed by atoms with van der Waals surface area (Å²) in [6.07, 6.45) is 1.87. The topological polar surface area (TPSA) is 130 Å². The second-order valence-corrected chi connectivity index (χ2v) is 5.51. The summed E-state index contributed by atoms with van der Waals surface area (Å²) in [5, 5.41) is 9.91. The molecule has 112 valence electrons. The first-order chi connectivity index (χ1) is 8.73. The molecule has 0 bridgehead atoms. The van der Waals surface area contributed by atoms with Crippen molar-refractivity contribution in [3.63, 3.8) is 0 Å². The highest BCUT2D eigenvalue weighted by Crippen LogP contribution is 2.13. The van der Waals surface area contributed by atoms with E-state index in [9.17, 15) is 0 Å². The van der Waals surface area contributed by atoms with Gasteiger partial charge in [0.1, 0.15) is 0 Å². The molecule has 0 aromatic rings. The maximum Gasteiger partial charge on any atom is 0.185 e. The third kappa shape index (κ3) is 10.1. The van der Waals surface area contributed by atoms with Crippen molar-refractivity contribution in [3.05, 3.63) is 0 Å². The van der Waals surface area contributed by atoms with E-state index < -0.39 is 0 Å². The number of hydrogen-bond donors (Lipinski definition) is 5. The van der Waals surface area contributed by atoms with Gasteiger partial charge in [-0.05, 0) is 33.6 Å². The molecule has 0 amide bonds. The predicted octanol–water partition coefficient (Wildman–Crippen LogP) is -0.376. The molecule has 0 heterocycles. The molecule has 8 N–H and O–H groups in total. The highest BCUT2D eigenvalue weighted by atomic mass is 15.2. The van der Waals surface area contributed by atoms with Gasteiger partial charge in [-0.25, -0.2) is 0 Å². The first kappa shape index (κ1) is 17.5. The summed E-state index contributed by atoms with van der Waals surface area (Å²) in [4.78, 5) is 6.37. The summed E-state index contributed by atoms with van der Waals surface area (Å²) >= 11 is 0. The fraction of sp³-hybridized carbons (Fsp3) is 0.833. The number of nitrogens with two attached hydrogens (primary N) is 3. The first-order valence-electron chi connectivity index (χ1n) is 6.62. The summed E-state index contributed by atoms with van der Waals surface area (Å²) in [6.45, 7) is 9.83. The van der Waals surface area contributed by atoms with Crippen molar-refractivity contribution in [2.45, 2.75) is 39.2 Å². The largest absolute Gasteiger partial charge is 0.370 e. The second kappa shape index (κ2) is 8.58. The van der Waals surface area contributed by atoms with E-state index in [1.165, 1.54) is 0 Å². The standard InChI is InChI=1S/C12H29N7/c1-12(2,3)19(8-4-6-17-10(13)14)9-5-7-18-11(15)16/h4-9H2,1-3H3,(H4,13,14,17)(H4,15,16,18). The van der Waals surface area contributed by atoms with Crippen molar-refractivity contribution in [1.82, 2.24) is 10.2 Å². The summed E-state index contributed by atoms with van der Waals surface area (Å²) < 4.78 is 0. The third-order valence-electron chi connectivity index (χ3n) is 2.75. The number of hydrogen-bond acceptors (Lipinski definition) is 3. The Morgan fingerprint density at radius 2 is 1.74 bits per heavy atom. The number of rotatable bonds is 8. The van der Waals surface area contributed by atoms with Crippen LogP contribution in [0.2, 0.25) is 0 Å². The second-order valence-electron chi connectivity index (χ2n) is 5.51. The van der Waals surface area contributed by atoms with Gasteiger partial charge in [0, 0.05) is 31.7 Å². The van der Waals surface area contributed by atoms with Crippen LogP contribution in [0.1, 0.15) is 33.6 Å². The number of guanidine groups is 2. The molecule has 0 unspecified atom stereocenters. The van der Waals surface area contributed by atoms with Gasteiger partial charge in [0.05, 0.1) is 0 Å². The number of aliphatic imine (C=N–C) groups is 1. The highest BCUT2D eigenvalue weighted by molar-refractivity contribution is 5.75. The monoisotopic (exact) mass is 271 g/mol. The molecule has 19 heavy (non-hydrogen) atoms. The highest BCUT2D eigenvalue weighted by Gasteiger charge is 2.19. The number of nitrogens with one attached hydrogen (secondary N) is 2. The van der Waals surface area contributed by atoms with Crippen molar-refractivity contribution < 1.29 is 0 Å². The minimum atomic E-state index is 0.0232. The van der Waals surface area contributed by atoms with Gasteiger partial charge in [0.15, 0.2) is 11.9 Å². The van der Waals surface area contributed by atoms with Crippen molar-refractivity contribution >= 4 is 11.9 Å². The smallest absolute Gasteiger partial charge is 0.185 e. The summed E-state index contributed by atoms with van der Waals surface area (Å²) in [5.74, 6) is 0.169. The van der Waals surface area contributed by atoms with E-state index in [1.807, 2.05) is 0 Å². The molecule has 0 fully saturated rings. The molecule has 0 aromatic heterocycles. The Balaban J connectivity index is 4.04. The van der Waals surface area contributed by atoms with Crippen LogP contribution in [0.25, 0.3) is 0 Å². The van der Waals surface area contributed by atoms with Crippen molar-refractivity contribution in [2.24, 2.45) is 22.2 Å². The fourth-order valence-electron chi connectivity index (χ4n) is 1.75. The molecule has 0 aliphatic heterocycles. The molecule has 0 rings (SSSR count). The van der Waals surface area contributed by atoms with Gasteiger partial charge in [-0.2, -0.15) is 0 Å². The lowest BCUT2D eigenvalue weighted by molar-refractivity contribution is 0.134. The SMILES string of the molecule is CC(C)(C)N(CCCN=C(N)N)CCCNC(=N)N. The number of nitrogens with zero attached hydrogens (tertiary/aromatic N) is 2. The molecular weight excluding hydrogens is 242 g/mol. The Morgan fingerprint density at radius 1 is 1.16 bits per heavy atom. The van der Waals surface area contributed by atoms with Crippen LogP contribution in [0.5, 0.6) is 0 Å². The molecule has 7 nitrogen and oxygen atoms in total. The predicted molar refractivity (Wildman–Crippen MR) is 81.2 cm³/mol. The molecule has 0 aromatic carbocycles. The quantitative estimate of drug-likeness (QED) is 0.233. The van der Waals surface area contributed by atoms with Crippen LogP contribution in [0.3, 0.4) is 0 Å². The van der Waals surface area contributed by atoms with Crippen LogP contribution < -0.4 is 22.5 Å². The van der Waals surface area contributed by atoms with E-state index in [4.69, 9.17) is 22.6 Å². The third-order valence-corrected chi connectivity index (χ3v) is 2.75. The van der Waals surface area contributed by atoms with Crippen LogP contribution >= 0.6 is 0 Å². The van der Waals surface area contributed by atoms with Crippen LogP contribution in [-0.2, 0) is 0 Å². The molecule has 0 radical (unpaired) electrons. The average Bonchev–Trinajstić information content (AvgIpc) is 2.24. The van der Waals surface area contributed by atoms with Gasteiger partial charge in [-0.15, -0.1) is 0 Å². The van der Waals surface area contributed by atoms with Crippen LogP contribution in [0.15, 0.2) is 4.99 Å². The summed E-state index contributed by atoms with van der Waals surface area (Å²) in [7, 11) is 0. The van der Waals surface area contributed by atoms with Gasteiger partial charge in [-0.3, -0.25) is 15.3 Å². The van der Waals surface area contributed by atoms with Crippen LogP contribution in [0.4, 0.5) is 0 Å². The van der Waals surface area contributed by atoms with E-state index in [0.29, 0.717) is 6.54 Å². The van der Waals surface area contributed by atoms with Crippen molar-refractivity contribution in [1.29, 1.82) is 5.41 Å². The molecule has 0 spiro atoms. The average molecular weight is 271 g/mol. The lowest BCUT2D eigenvalue weighted by atomic mass is 10.1. The molecule has 0 saturated carbocycles. The lowest BCUT2D eigenvalue weighted by Gasteiger charge is -2.35. The molecular formula is C12H29N7. The molecule has 7 heteroatoms. The Kier molecular flexibility index (Phi) is 7.90. The van der Waals surface area contributed by atoms with E-state index in [0.717, 1.165) is 32.5 Å². The Labute approximate surface area is 116 Å². The van der Waals surface area contributed by atoms with Crippen LogP contribution in [-0.4, -0.2) is 48.5 Å². The van der Waals surface area contributed by atoms with Crippen LogP contribution in [0, 0.1) is 5.41 Å². The van der Waals surface area contributed by atoms with E-state index in [-0.39, 0.29) is 17.5 Å². The minimum Gasteiger partial charge on any atom is -0.370 e. The van der Waals surface area contributed by atoms with E-state index >= 15 is 0 Å². The van der Waals surface area contributed by atoms with Gasteiger partial charge in [-0.1, -0.05) is 0 Å². The zero-order valence-electron chi connectivity index (χ0n) is 12.4. The summed E-state index contributed by atoms with van der Waals surface area (Å²) in [5.41, 5.74) is 15.9. The molecule has 0 atom stereocenters. The lowest BCUT2D eigenvalue weighted by Crippen LogP contribution is -2.44. The van der Waals surface area contributed by atoms with Gasteiger partial charge in [0.2, 0.25) is 0 Å². The zero-order chi connectivity index (χ0) is 14.9. The first-order valence-corrected chi connectivity index (χ1v) is 6.62. The maximum absolute atomic E-state index is 7.09. The van der Waals surface area contributed by atoms with Gasteiger partial charge < -0.3 is 22.5 Å². The molecule has 0 aliphatic carbocycles. The Bertz CT molecular complexity index is 289. The fourth-order valence-corrected chi connectivity index (χ4v) is 1.75. The maximum atomic E-state index is 7.09.